The van der Waals surface area contributed by atoms with Crippen LogP contribution in [-0.2, 0) is 14.9 Å². The zero-order valence-electron chi connectivity index (χ0n) is 44.5. The number of amides is 8. The molecule has 432 valence electrons. The molecule has 1 unspecified atom stereocenters. The molecule has 1 atom stereocenters. The highest BCUT2D eigenvalue weighted by Gasteiger charge is 2.55. The number of nitrogens with zero attached hydrogens (tertiary/aromatic N) is 4. The van der Waals surface area contributed by atoms with Crippen LogP contribution in [0.3, 0.4) is 0 Å². The van der Waals surface area contributed by atoms with Crippen LogP contribution < -0.4 is 9.80 Å². The topological polar surface area (TPSA) is 196 Å². The molecular weight excluding hydrogens is 1110 g/mol. The molecule has 4 aliphatic heterocycles. The van der Waals surface area contributed by atoms with E-state index in [4.69, 9.17) is 4.12 Å². The number of hydrogen-bond acceptors (Lipinski definition) is 10. The number of aromatic carboxylic acids is 1. The average Bonchev–Trinajstić information content (AvgIpc) is 3.47. The highest BCUT2D eigenvalue weighted by atomic mass is 28.4. The van der Waals surface area contributed by atoms with E-state index in [1.165, 1.54) is 4.90 Å². The van der Waals surface area contributed by atoms with Crippen molar-refractivity contribution in [1.29, 1.82) is 0 Å². The Morgan fingerprint density at radius 2 is 0.817 bits per heavy atom. The maximum Gasteiger partial charge on any atom is 0.402 e. The van der Waals surface area contributed by atoms with Crippen LogP contribution in [0.15, 0.2) is 91.0 Å². The quantitative estimate of drug-likeness (QED) is 0.0561. The molecule has 0 saturated carbocycles. The normalized spacial score (nSPS) is 16.1. The number of carboxylic acids is 1. The van der Waals surface area contributed by atoms with E-state index in [2.05, 4.69) is 0 Å². The minimum atomic E-state index is -5.14. The second-order valence-corrected chi connectivity index (χ2v) is 31.2. The lowest BCUT2D eigenvalue weighted by molar-refractivity contribution is -0.180. The fourth-order valence-corrected chi connectivity index (χ4v) is 19.7. The maximum absolute atomic E-state index is 15.7. The molecular formula is C59H60F6N4O11Si2. The van der Waals surface area contributed by atoms with Crippen molar-refractivity contribution in [2.75, 3.05) is 22.9 Å². The lowest BCUT2D eigenvalue weighted by Gasteiger charge is -2.34. The summed E-state index contributed by atoms with van der Waals surface area (Å²) in [5.74, 6) is -8.36. The second-order valence-electron chi connectivity index (χ2n) is 22.4. The Bertz CT molecular complexity index is 3610. The van der Waals surface area contributed by atoms with Crippen LogP contribution in [0.4, 0.5) is 37.7 Å². The van der Waals surface area contributed by atoms with Crippen molar-refractivity contribution < 1.29 is 78.7 Å². The summed E-state index contributed by atoms with van der Waals surface area (Å²) in [7, 11) is -4.83. The molecule has 0 spiro atoms. The Morgan fingerprint density at radius 1 is 0.476 bits per heavy atom. The second kappa shape index (κ2) is 21.1. The highest BCUT2D eigenvalue weighted by Crippen LogP contribution is 2.49. The highest BCUT2D eigenvalue weighted by molar-refractivity contribution is 6.84. The van der Waals surface area contributed by atoms with Gasteiger partial charge < -0.3 is 9.22 Å². The standard InChI is InChI=1S/C57H52F6N4O11Si2.2CH4/c1-30-11-15-37-41(23-30)47(70)64(45(37)68)19-9-21-79(5,6)78-80(7,8)22-10-20-65-46(69)38-17-13-33(27-42(38)48(65)71)55(4,57(61,62)63)34-14-18-40-44(28-34)52(75)67(50(40)73)36-25-31(53(76)77)24-35(29-36)66-49(72)39-16-12-32(26-43(39)51(66)74)54(2,3)56(58,59)60;;/h11-18,23-29H,9-10,19-22H2,1-8H3,(H,76,77);2*1H4. The third-order valence-electron chi connectivity index (χ3n) is 15.6. The van der Waals surface area contributed by atoms with Gasteiger partial charge in [-0.15, -0.1) is 0 Å². The lowest BCUT2D eigenvalue weighted by atomic mass is 9.74. The predicted molar refractivity (Wildman–Crippen MR) is 297 cm³/mol. The SMILES string of the molecule is C.C.Cc1ccc2c(c1)C(=O)N(CCC[Si](C)(C)O[Si](C)(C)CCCN1C(=O)c3ccc(C(C)(c4ccc5c(c4)C(=O)N(c4cc(C(=O)O)cc(N6C(=O)c7ccc(C(C)(C)C(F)(F)F)cc7C6=O)c4)C5=O)C(F)(F)F)cc3C1=O)C2=O. The Hall–Kier alpha value is -7.90. The Kier molecular flexibility index (Phi) is 15.9. The first-order valence-corrected chi connectivity index (χ1v) is 31.6. The van der Waals surface area contributed by atoms with Crippen molar-refractivity contribution in [2.45, 2.75) is 117 Å². The molecule has 4 aliphatic rings. The molecule has 4 heterocycles. The number of carbonyl (C=O) groups is 9. The zero-order valence-corrected chi connectivity index (χ0v) is 46.5. The van der Waals surface area contributed by atoms with E-state index < -0.39 is 126 Å². The van der Waals surface area contributed by atoms with E-state index in [0.29, 0.717) is 45.9 Å². The molecule has 0 radical (unpaired) electrons. The van der Waals surface area contributed by atoms with Gasteiger partial charge in [-0.2, -0.15) is 26.3 Å². The zero-order chi connectivity index (χ0) is 58.7. The molecule has 0 fully saturated rings. The van der Waals surface area contributed by atoms with Gasteiger partial charge in [-0.1, -0.05) is 44.7 Å². The maximum atomic E-state index is 15.7. The predicted octanol–water partition coefficient (Wildman–Crippen LogP) is 12.4. The lowest BCUT2D eigenvalue weighted by Crippen LogP contribution is -2.45. The first kappa shape index (κ1) is 61.7. The summed E-state index contributed by atoms with van der Waals surface area (Å²) in [4.78, 5) is 125. The number of halogens is 6. The number of alkyl halides is 6. The molecule has 0 bridgehead atoms. The van der Waals surface area contributed by atoms with E-state index in [-0.39, 0.29) is 62.0 Å². The van der Waals surface area contributed by atoms with Gasteiger partial charge in [-0.25, -0.2) is 14.6 Å². The summed E-state index contributed by atoms with van der Waals surface area (Å²) in [5, 5.41) is 10.1. The van der Waals surface area contributed by atoms with E-state index in [1.54, 1.807) is 18.2 Å². The average molecular weight is 1170 g/mol. The molecule has 23 heteroatoms. The monoisotopic (exact) mass is 1170 g/mol. The number of rotatable bonds is 16. The third kappa shape index (κ3) is 10.3. The van der Waals surface area contributed by atoms with Gasteiger partial charge in [0.15, 0.2) is 16.6 Å². The number of carboxylic acid groups (broad SMARTS) is 1. The Morgan fingerprint density at radius 3 is 1.22 bits per heavy atom. The van der Waals surface area contributed by atoms with Crippen LogP contribution in [0.1, 0.15) is 164 Å². The van der Waals surface area contributed by atoms with Gasteiger partial charge in [0.1, 0.15) is 5.41 Å². The minimum Gasteiger partial charge on any atom is -0.478 e. The summed E-state index contributed by atoms with van der Waals surface area (Å²) < 4.78 is 95.6. The van der Waals surface area contributed by atoms with Crippen molar-refractivity contribution in [2.24, 2.45) is 0 Å². The van der Waals surface area contributed by atoms with Crippen LogP contribution in [0.25, 0.3) is 0 Å². The number of carbonyl (C=O) groups excluding carboxylic acids is 8. The van der Waals surface area contributed by atoms with Gasteiger partial charge >= 0.3 is 18.3 Å². The van der Waals surface area contributed by atoms with Crippen molar-refractivity contribution >= 4 is 81.2 Å². The van der Waals surface area contributed by atoms with Crippen molar-refractivity contribution in [1.82, 2.24) is 9.80 Å². The van der Waals surface area contributed by atoms with E-state index in [0.717, 1.165) is 104 Å². The fraction of sp³-hybridized carbons (Fsp3) is 0.339. The summed E-state index contributed by atoms with van der Waals surface area (Å²) in [6.45, 7) is 12.6. The number of imide groups is 4. The minimum absolute atomic E-state index is 0. The van der Waals surface area contributed by atoms with Gasteiger partial charge in [0.25, 0.3) is 47.3 Å². The van der Waals surface area contributed by atoms with Crippen LogP contribution in [0.5, 0.6) is 0 Å². The molecule has 82 heavy (non-hydrogen) atoms. The largest absolute Gasteiger partial charge is 0.478 e. The molecule has 0 saturated heterocycles. The van der Waals surface area contributed by atoms with Crippen LogP contribution in [-0.4, -0.2) is 110 Å². The number of aryl methyl sites for hydroxylation is 1. The van der Waals surface area contributed by atoms with Crippen molar-refractivity contribution in [3.05, 3.63) is 163 Å². The summed E-state index contributed by atoms with van der Waals surface area (Å²) in [6, 6.07) is 17.9. The van der Waals surface area contributed by atoms with Crippen LogP contribution in [0.2, 0.25) is 38.3 Å². The molecule has 0 aliphatic carbocycles. The summed E-state index contributed by atoms with van der Waals surface area (Å²) in [5.41, 5.74) is -8.94. The van der Waals surface area contributed by atoms with Crippen molar-refractivity contribution in [3.63, 3.8) is 0 Å². The van der Waals surface area contributed by atoms with Gasteiger partial charge in [0, 0.05) is 13.1 Å². The molecule has 5 aromatic carbocycles. The van der Waals surface area contributed by atoms with E-state index in [1.807, 2.05) is 33.1 Å². The summed E-state index contributed by atoms with van der Waals surface area (Å²) >= 11 is 0. The van der Waals surface area contributed by atoms with Gasteiger partial charge in [0.2, 0.25) is 0 Å². The molecule has 8 amide bonds. The number of benzene rings is 5. The van der Waals surface area contributed by atoms with E-state index in [9.17, 15) is 61.4 Å². The molecule has 0 aromatic heterocycles. The first-order chi connectivity index (χ1) is 37.1. The molecule has 1 N–H and O–H groups in total. The molecule has 9 rings (SSSR count). The molecule has 5 aromatic rings. The van der Waals surface area contributed by atoms with E-state index >= 15 is 13.2 Å². The van der Waals surface area contributed by atoms with Gasteiger partial charge in [-0.05, 0) is 162 Å². The first-order valence-electron chi connectivity index (χ1n) is 25.4. The van der Waals surface area contributed by atoms with Crippen LogP contribution >= 0.6 is 0 Å². The number of fused-ring (bicyclic) bond motifs is 4. The van der Waals surface area contributed by atoms with Gasteiger partial charge in [0.05, 0.1) is 66.9 Å². The smallest absolute Gasteiger partial charge is 0.402 e. The Labute approximate surface area is 471 Å². The fourth-order valence-electron chi connectivity index (χ4n) is 10.9. The molecule has 15 nitrogen and oxygen atoms in total. The number of anilines is 2. The van der Waals surface area contributed by atoms with Crippen molar-refractivity contribution in [3.8, 4) is 0 Å². The Balaban J connectivity index is 0.00000484. The third-order valence-corrected chi connectivity index (χ3v) is 23.1. The number of hydrogen-bond donors (Lipinski definition) is 1. The van der Waals surface area contributed by atoms with Crippen LogP contribution in [0, 0.1) is 6.92 Å². The van der Waals surface area contributed by atoms with Gasteiger partial charge in [-0.3, -0.25) is 48.2 Å². The summed E-state index contributed by atoms with van der Waals surface area (Å²) in [6.07, 6.45) is -9.05.